The highest BCUT2D eigenvalue weighted by Crippen LogP contribution is 2.36. The molecule has 0 aliphatic carbocycles. The molecule has 0 unspecified atom stereocenters. The van der Waals surface area contributed by atoms with Crippen LogP contribution in [-0.4, -0.2) is 4.98 Å². The molecule has 0 amide bonds. The van der Waals surface area contributed by atoms with Gasteiger partial charge >= 0.3 is 0 Å². The average molecular weight is 345 g/mol. The Morgan fingerprint density at radius 2 is 1.88 bits per heavy atom. The van der Waals surface area contributed by atoms with Crippen molar-refractivity contribution in [2.24, 2.45) is 12.5 Å². The number of benzene rings is 1. The standard InChI is InChI=1S/C23H25N2O/c1-15-8-9-17-18-7-6-11-24-22(18)26-21(17)20(15)19-13-16(10-12-25(19)5)14-23(2,3)4/h6-13H,14H2,1-5H3/q+1. The summed E-state index contributed by atoms with van der Waals surface area (Å²) in [4.78, 5) is 4.40. The monoisotopic (exact) mass is 345 g/mol. The van der Waals surface area contributed by atoms with Crippen molar-refractivity contribution in [2.45, 2.75) is 34.1 Å². The Labute approximate surface area is 154 Å². The van der Waals surface area contributed by atoms with E-state index in [-0.39, 0.29) is 5.41 Å². The van der Waals surface area contributed by atoms with Crippen molar-refractivity contribution in [3.05, 3.63) is 59.9 Å². The maximum atomic E-state index is 6.19. The zero-order chi connectivity index (χ0) is 18.5. The summed E-state index contributed by atoms with van der Waals surface area (Å²) in [6.07, 6.45) is 4.97. The molecule has 0 atom stereocenters. The van der Waals surface area contributed by atoms with Gasteiger partial charge in [-0.25, -0.2) is 9.55 Å². The van der Waals surface area contributed by atoms with Crippen LogP contribution in [0.2, 0.25) is 0 Å². The van der Waals surface area contributed by atoms with E-state index >= 15 is 0 Å². The molecule has 4 aromatic rings. The Bertz CT molecular complexity index is 1120. The Morgan fingerprint density at radius 1 is 1.08 bits per heavy atom. The quantitative estimate of drug-likeness (QED) is 0.457. The van der Waals surface area contributed by atoms with Gasteiger partial charge in [0, 0.05) is 29.1 Å². The fraction of sp³-hybridized carbons (Fsp3) is 0.304. The maximum Gasteiger partial charge on any atom is 0.227 e. The molecule has 0 saturated heterocycles. The number of hydrogen-bond acceptors (Lipinski definition) is 2. The fourth-order valence-electron chi connectivity index (χ4n) is 3.68. The lowest BCUT2D eigenvalue weighted by Crippen LogP contribution is -2.31. The van der Waals surface area contributed by atoms with Crippen LogP contribution < -0.4 is 4.57 Å². The van der Waals surface area contributed by atoms with Crippen LogP contribution in [-0.2, 0) is 13.5 Å². The highest BCUT2D eigenvalue weighted by Gasteiger charge is 2.22. The smallest absolute Gasteiger partial charge is 0.227 e. The first-order valence-corrected chi connectivity index (χ1v) is 9.09. The molecule has 26 heavy (non-hydrogen) atoms. The molecule has 0 spiro atoms. The summed E-state index contributed by atoms with van der Waals surface area (Å²) >= 11 is 0. The van der Waals surface area contributed by atoms with Gasteiger partial charge in [-0.05, 0) is 42.0 Å². The van der Waals surface area contributed by atoms with Gasteiger partial charge < -0.3 is 4.42 Å². The lowest BCUT2D eigenvalue weighted by Gasteiger charge is -2.18. The van der Waals surface area contributed by atoms with Gasteiger partial charge in [0.05, 0.1) is 5.56 Å². The third kappa shape index (κ3) is 2.88. The summed E-state index contributed by atoms with van der Waals surface area (Å²) < 4.78 is 8.37. The third-order valence-electron chi connectivity index (χ3n) is 4.83. The van der Waals surface area contributed by atoms with Gasteiger partial charge in [0.25, 0.3) is 0 Å². The summed E-state index contributed by atoms with van der Waals surface area (Å²) in [5.74, 6) is 0. The van der Waals surface area contributed by atoms with E-state index < -0.39 is 0 Å². The molecule has 0 aliphatic heterocycles. The van der Waals surface area contributed by atoms with E-state index in [1.54, 1.807) is 6.20 Å². The van der Waals surface area contributed by atoms with Crippen molar-refractivity contribution in [1.29, 1.82) is 0 Å². The highest BCUT2D eigenvalue weighted by molar-refractivity contribution is 6.08. The van der Waals surface area contributed by atoms with E-state index in [0.717, 1.165) is 28.3 Å². The number of hydrogen-bond donors (Lipinski definition) is 0. The van der Waals surface area contributed by atoms with Gasteiger partial charge in [-0.2, -0.15) is 0 Å². The van der Waals surface area contributed by atoms with Gasteiger partial charge in [0.1, 0.15) is 7.05 Å². The summed E-state index contributed by atoms with van der Waals surface area (Å²) in [5, 5.41) is 2.19. The molecule has 0 radical (unpaired) electrons. The number of aryl methyl sites for hydroxylation is 2. The van der Waals surface area contributed by atoms with E-state index in [4.69, 9.17) is 4.42 Å². The van der Waals surface area contributed by atoms with Crippen LogP contribution in [0.25, 0.3) is 33.3 Å². The number of rotatable bonds is 2. The Kier molecular flexibility index (Phi) is 3.83. The summed E-state index contributed by atoms with van der Waals surface area (Å²) in [6, 6.07) is 12.9. The zero-order valence-corrected chi connectivity index (χ0v) is 16.1. The third-order valence-corrected chi connectivity index (χ3v) is 4.83. The fourth-order valence-corrected chi connectivity index (χ4v) is 3.68. The average Bonchev–Trinajstić information content (AvgIpc) is 2.94. The van der Waals surface area contributed by atoms with Crippen LogP contribution >= 0.6 is 0 Å². The first-order valence-electron chi connectivity index (χ1n) is 9.09. The van der Waals surface area contributed by atoms with Gasteiger partial charge in [-0.1, -0.05) is 32.9 Å². The largest absolute Gasteiger partial charge is 0.437 e. The summed E-state index contributed by atoms with van der Waals surface area (Å²) in [6.45, 7) is 8.97. The Morgan fingerprint density at radius 3 is 2.65 bits per heavy atom. The van der Waals surface area contributed by atoms with Gasteiger partial charge in [-0.15, -0.1) is 0 Å². The van der Waals surface area contributed by atoms with Crippen molar-refractivity contribution in [3.8, 4) is 11.3 Å². The lowest BCUT2D eigenvalue weighted by atomic mass is 9.88. The molecular weight excluding hydrogens is 320 g/mol. The molecule has 0 N–H and O–H groups in total. The first-order chi connectivity index (χ1) is 12.3. The van der Waals surface area contributed by atoms with Crippen LogP contribution in [0, 0.1) is 12.3 Å². The molecule has 0 aliphatic rings. The van der Waals surface area contributed by atoms with E-state index in [2.05, 4.69) is 80.8 Å². The SMILES string of the molecule is Cc1ccc2c(oc3ncccc32)c1-c1cc(CC(C)(C)C)cc[n+]1C. The van der Waals surface area contributed by atoms with Crippen molar-refractivity contribution in [3.63, 3.8) is 0 Å². The molecule has 0 saturated carbocycles. The zero-order valence-electron chi connectivity index (χ0n) is 16.1. The van der Waals surface area contributed by atoms with Crippen molar-refractivity contribution in [2.75, 3.05) is 0 Å². The minimum Gasteiger partial charge on any atom is -0.437 e. The molecule has 1 aromatic carbocycles. The maximum absolute atomic E-state index is 6.19. The molecule has 4 rings (SSSR count). The van der Waals surface area contributed by atoms with Crippen molar-refractivity contribution < 1.29 is 8.98 Å². The number of nitrogens with zero attached hydrogens (tertiary/aromatic N) is 2. The molecule has 132 valence electrons. The predicted molar refractivity (Wildman–Crippen MR) is 106 cm³/mol. The predicted octanol–water partition coefficient (Wildman–Crippen LogP) is 5.37. The number of pyridine rings is 2. The van der Waals surface area contributed by atoms with E-state index in [1.165, 1.54) is 16.8 Å². The van der Waals surface area contributed by atoms with Crippen LogP contribution in [0.4, 0.5) is 0 Å². The second-order valence-electron chi connectivity index (χ2n) is 8.36. The van der Waals surface area contributed by atoms with E-state index in [9.17, 15) is 0 Å². The Balaban J connectivity index is 1.99. The normalized spacial score (nSPS) is 12.2. The number of aromatic nitrogens is 2. The van der Waals surface area contributed by atoms with Crippen LogP contribution in [0.3, 0.4) is 0 Å². The van der Waals surface area contributed by atoms with Crippen molar-refractivity contribution >= 4 is 22.1 Å². The van der Waals surface area contributed by atoms with Crippen LogP contribution in [0.5, 0.6) is 0 Å². The number of furan rings is 1. The topological polar surface area (TPSA) is 29.9 Å². The van der Waals surface area contributed by atoms with E-state index in [0.29, 0.717) is 5.71 Å². The summed E-state index contributed by atoms with van der Waals surface area (Å²) in [5.41, 5.74) is 6.75. The second-order valence-corrected chi connectivity index (χ2v) is 8.36. The number of fused-ring (bicyclic) bond motifs is 3. The van der Waals surface area contributed by atoms with Crippen LogP contribution in [0.15, 0.2) is 53.2 Å². The van der Waals surface area contributed by atoms with Gasteiger partial charge in [-0.3, -0.25) is 0 Å². The molecule has 0 bridgehead atoms. The van der Waals surface area contributed by atoms with Gasteiger partial charge in [0.15, 0.2) is 11.8 Å². The van der Waals surface area contributed by atoms with E-state index in [1.807, 2.05) is 6.07 Å². The first kappa shape index (κ1) is 16.8. The van der Waals surface area contributed by atoms with Crippen molar-refractivity contribution in [1.82, 2.24) is 4.98 Å². The lowest BCUT2D eigenvalue weighted by molar-refractivity contribution is -0.660. The minimum absolute atomic E-state index is 0.252. The second kappa shape index (κ2) is 5.94. The molecule has 3 aromatic heterocycles. The molecular formula is C23H25N2O+. The van der Waals surface area contributed by atoms with Crippen LogP contribution in [0.1, 0.15) is 31.9 Å². The highest BCUT2D eigenvalue weighted by atomic mass is 16.3. The summed E-state index contributed by atoms with van der Waals surface area (Å²) in [7, 11) is 2.09. The molecule has 3 heterocycles. The minimum atomic E-state index is 0.252. The van der Waals surface area contributed by atoms with Gasteiger partial charge in [0.2, 0.25) is 11.4 Å². The molecule has 3 heteroatoms. The molecule has 3 nitrogen and oxygen atoms in total. The Hall–Kier alpha value is -2.68. The molecule has 0 fully saturated rings.